The van der Waals surface area contributed by atoms with E-state index in [1.54, 1.807) is 48.5 Å². The summed E-state index contributed by atoms with van der Waals surface area (Å²) in [7, 11) is -3.85. The summed E-state index contributed by atoms with van der Waals surface area (Å²) in [5.74, 6) is -1.02. The molecule has 33 heavy (non-hydrogen) atoms. The lowest BCUT2D eigenvalue weighted by Gasteiger charge is -2.07. The van der Waals surface area contributed by atoms with Crippen LogP contribution in [0, 0.1) is 11.3 Å². The Morgan fingerprint density at radius 1 is 0.939 bits per heavy atom. The zero-order valence-corrected chi connectivity index (χ0v) is 18.5. The number of nitrogens with one attached hydrogen (secondary N) is 2. The SMILES string of the molecule is N#C/C(=C\c1cccc(NC(=O)c2ccc(Cl)cc2)c1)C(=O)Nc1ccc(S(N)(=O)=O)cc1. The molecule has 0 saturated carbocycles. The lowest BCUT2D eigenvalue weighted by molar-refractivity contribution is -0.112. The second-order valence-corrected chi connectivity index (χ2v) is 8.78. The number of nitriles is 1. The molecule has 0 bridgehead atoms. The Bertz CT molecular complexity index is 1380. The summed E-state index contributed by atoms with van der Waals surface area (Å²) < 4.78 is 22.6. The summed E-state index contributed by atoms with van der Waals surface area (Å²) in [6, 6.07) is 20.1. The van der Waals surface area contributed by atoms with Crippen molar-refractivity contribution in [3.05, 3.63) is 94.5 Å². The highest BCUT2D eigenvalue weighted by Crippen LogP contribution is 2.18. The molecule has 0 spiro atoms. The van der Waals surface area contributed by atoms with Gasteiger partial charge in [0.2, 0.25) is 10.0 Å². The summed E-state index contributed by atoms with van der Waals surface area (Å²) in [5.41, 5.74) is 1.51. The Morgan fingerprint density at radius 3 is 2.21 bits per heavy atom. The molecule has 3 aromatic carbocycles. The zero-order chi connectivity index (χ0) is 24.0. The number of amides is 2. The van der Waals surface area contributed by atoms with Gasteiger partial charge in [-0.1, -0.05) is 23.7 Å². The number of halogens is 1. The predicted molar refractivity (Wildman–Crippen MR) is 126 cm³/mol. The number of primary sulfonamides is 1. The maximum atomic E-state index is 12.5. The average molecular weight is 481 g/mol. The molecule has 0 aliphatic heterocycles. The standard InChI is InChI=1S/C23H17ClN4O4S/c24-18-6-4-16(5-7-18)22(29)28-20-3-1-2-15(13-20)12-17(14-25)23(30)27-19-8-10-21(11-9-19)33(26,31)32/h1-13H,(H,27,30)(H,28,29)(H2,26,31,32)/b17-12+. The van der Waals surface area contributed by atoms with Crippen LogP contribution in [-0.2, 0) is 14.8 Å². The van der Waals surface area contributed by atoms with Crippen molar-refractivity contribution in [1.29, 1.82) is 5.26 Å². The first kappa shape index (κ1) is 23.7. The highest BCUT2D eigenvalue weighted by Gasteiger charge is 2.12. The largest absolute Gasteiger partial charge is 0.322 e. The highest BCUT2D eigenvalue weighted by atomic mass is 35.5. The molecule has 0 unspecified atom stereocenters. The van der Waals surface area contributed by atoms with Crippen LogP contribution in [0.4, 0.5) is 11.4 Å². The van der Waals surface area contributed by atoms with E-state index in [4.69, 9.17) is 16.7 Å². The molecule has 0 saturated heterocycles. The van der Waals surface area contributed by atoms with E-state index < -0.39 is 15.9 Å². The number of hydrogen-bond donors (Lipinski definition) is 3. The van der Waals surface area contributed by atoms with Gasteiger partial charge in [-0.05, 0) is 72.3 Å². The van der Waals surface area contributed by atoms with E-state index in [0.717, 1.165) is 0 Å². The number of benzene rings is 3. The second-order valence-electron chi connectivity index (χ2n) is 6.78. The Morgan fingerprint density at radius 2 is 1.61 bits per heavy atom. The first-order valence-corrected chi connectivity index (χ1v) is 11.3. The number of nitrogens with zero attached hydrogens (tertiary/aromatic N) is 1. The summed E-state index contributed by atoms with van der Waals surface area (Å²) in [6.07, 6.45) is 1.37. The third kappa shape index (κ3) is 6.51. The molecule has 166 valence electrons. The summed E-state index contributed by atoms with van der Waals surface area (Å²) in [5, 5.41) is 20.2. The molecule has 0 heterocycles. The molecule has 0 radical (unpaired) electrons. The molecule has 0 aromatic heterocycles. The average Bonchev–Trinajstić information content (AvgIpc) is 2.78. The van der Waals surface area contributed by atoms with Gasteiger partial charge in [0.05, 0.1) is 4.90 Å². The van der Waals surface area contributed by atoms with Gasteiger partial charge in [-0.25, -0.2) is 13.6 Å². The van der Waals surface area contributed by atoms with E-state index in [2.05, 4.69) is 10.6 Å². The van der Waals surface area contributed by atoms with Gasteiger partial charge in [-0.15, -0.1) is 0 Å². The first-order valence-electron chi connectivity index (χ1n) is 9.39. The monoisotopic (exact) mass is 480 g/mol. The minimum Gasteiger partial charge on any atom is -0.322 e. The zero-order valence-electron chi connectivity index (χ0n) is 16.9. The molecule has 8 nitrogen and oxygen atoms in total. The van der Waals surface area contributed by atoms with Crippen LogP contribution in [0.15, 0.2) is 83.3 Å². The van der Waals surface area contributed by atoms with E-state index in [9.17, 15) is 23.3 Å². The fraction of sp³-hybridized carbons (Fsp3) is 0. The fourth-order valence-electron chi connectivity index (χ4n) is 2.75. The van der Waals surface area contributed by atoms with Gasteiger partial charge in [0.15, 0.2) is 0 Å². The summed E-state index contributed by atoms with van der Waals surface area (Å²) >= 11 is 5.83. The van der Waals surface area contributed by atoms with E-state index in [0.29, 0.717) is 21.8 Å². The van der Waals surface area contributed by atoms with E-state index in [1.165, 1.54) is 30.3 Å². The van der Waals surface area contributed by atoms with Crippen LogP contribution in [0.5, 0.6) is 0 Å². The topological polar surface area (TPSA) is 142 Å². The van der Waals surface area contributed by atoms with Crippen LogP contribution in [0.1, 0.15) is 15.9 Å². The van der Waals surface area contributed by atoms with Crippen molar-refractivity contribution in [2.45, 2.75) is 4.90 Å². The third-order valence-corrected chi connectivity index (χ3v) is 5.55. The van der Waals surface area contributed by atoms with E-state index in [-0.39, 0.29) is 22.1 Å². The molecular weight excluding hydrogens is 464 g/mol. The quantitative estimate of drug-likeness (QED) is 0.363. The smallest absolute Gasteiger partial charge is 0.266 e. The number of nitrogens with two attached hydrogens (primary N) is 1. The molecule has 2 amide bonds. The lowest BCUT2D eigenvalue weighted by Crippen LogP contribution is -2.15. The number of carbonyl (C=O) groups excluding carboxylic acids is 2. The first-order chi connectivity index (χ1) is 15.7. The lowest BCUT2D eigenvalue weighted by atomic mass is 10.1. The van der Waals surface area contributed by atoms with Crippen LogP contribution in [0.3, 0.4) is 0 Å². The highest BCUT2D eigenvalue weighted by molar-refractivity contribution is 7.89. The Balaban J connectivity index is 1.74. The van der Waals surface area contributed by atoms with Crippen molar-refractivity contribution in [1.82, 2.24) is 0 Å². The van der Waals surface area contributed by atoms with Crippen molar-refractivity contribution >= 4 is 50.9 Å². The van der Waals surface area contributed by atoms with Gasteiger partial charge in [0.25, 0.3) is 11.8 Å². The van der Waals surface area contributed by atoms with Crippen molar-refractivity contribution in [2.75, 3.05) is 10.6 Å². The maximum absolute atomic E-state index is 12.5. The Kier molecular flexibility index (Phi) is 7.25. The van der Waals surface area contributed by atoms with Crippen LogP contribution in [0.25, 0.3) is 6.08 Å². The molecular formula is C23H17ClN4O4S. The van der Waals surface area contributed by atoms with Crippen molar-refractivity contribution in [3.63, 3.8) is 0 Å². The van der Waals surface area contributed by atoms with Gasteiger partial charge < -0.3 is 10.6 Å². The van der Waals surface area contributed by atoms with Gasteiger partial charge in [-0.2, -0.15) is 5.26 Å². The van der Waals surface area contributed by atoms with Crippen molar-refractivity contribution in [2.24, 2.45) is 5.14 Å². The van der Waals surface area contributed by atoms with Gasteiger partial charge in [0, 0.05) is 22.0 Å². The van der Waals surface area contributed by atoms with E-state index in [1.807, 2.05) is 6.07 Å². The van der Waals surface area contributed by atoms with Gasteiger partial charge in [0.1, 0.15) is 11.6 Å². The van der Waals surface area contributed by atoms with Crippen molar-refractivity contribution < 1.29 is 18.0 Å². The van der Waals surface area contributed by atoms with Crippen LogP contribution >= 0.6 is 11.6 Å². The van der Waals surface area contributed by atoms with Crippen LogP contribution in [-0.4, -0.2) is 20.2 Å². The predicted octanol–water partition coefficient (Wildman–Crippen LogP) is 3.79. The number of anilines is 2. The minimum absolute atomic E-state index is 0.103. The molecule has 10 heteroatoms. The number of sulfonamides is 1. The fourth-order valence-corrected chi connectivity index (χ4v) is 3.39. The van der Waals surface area contributed by atoms with E-state index >= 15 is 0 Å². The molecule has 0 fully saturated rings. The van der Waals surface area contributed by atoms with Crippen molar-refractivity contribution in [3.8, 4) is 6.07 Å². The van der Waals surface area contributed by atoms with Crippen LogP contribution in [0.2, 0.25) is 5.02 Å². The minimum atomic E-state index is -3.85. The molecule has 0 aliphatic carbocycles. The third-order valence-electron chi connectivity index (χ3n) is 4.37. The second kappa shape index (κ2) is 10.1. The number of hydrogen-bond acceptors (Lipinski definition) is 5. The maximum Gasteiger partial charge on any atom is 0.266 e. The molecule has 0 atom stereocenters. The molecule has 0 aliphatic rings. The normalized spacial score (nSPS) is 11.4. The molecule has 3 aromatic rings. The Hall–Kier alpha value is -3.97. The molecule has 3 rings (SSSR count). The summed E-state index contributed by atoms with van der Waals surface area (Å²) in [4.78, 5) is 24.8. The summed E-state index contributed by atoms with van der Waals surface area (Å²) in [6.45, 7) is 0. The Labute approximate surface area is 195 Å². The van der Waals surface area contributed by atoms with Gasteiger partial charge >= 0.3 is 0 Å². The molecule has 4 N–H and O–H groups in total. The van der Waals surface area contributed by atoms with Crippen LogP contribution < -0.4 is 15.8 Å². The number of carbonyl (C=O) groups is 2. The van der Waals surface area contributed by atoms with Gasteiger partial charge in [-0.3, -0.25) is 9.59 Å². The number of rotatable bonds is 6.